The zero-order valence-corrected chi connectivity index (χ0v) is 19.6. The van der Waals surface area contributed by atoms with Crippen LogP contribution < -0.4 is 20.1 Å². The van der Waals surface area contributed by atoms with E-state index in [1.54, 1.807) is 31.3 Å². The first kappa shape index (κ1) is 23.4. The largest absolute Gasteiger partial charge is 0.493 e. The third-order valence-electron chi connectivity index (χ3n) is 5.20. The second-order valence-corrected chi connectivity index (χ2v) is 8.94. The van der Waals surface area contributed by atoms with Crippen LogP contribution in [0.25, 0.3) is 0 Å². The maximum Gasteiger partial charge on any atom is 0.410 e. The summed E-state index contributed by atoms with van der Waals surface area (Å²) < 4.78 is 17.1. The van der Waals surface area contributed by atoms with Gasteiger partial charge in [0, 0.05) is 44.0 Å². The molecular weight excluding hydrogens is 410 g/mol. The Morgan fingerprint density at radius 1 is 1.22 bits per heavy atom. The lowest BCUT2D eigenvalue weighted by atomic mass is 9.99. The average molecular weight is 444 g/mol. The summed E-state index contributed by atoms with van der Waals surface area (Å²) in [5, 5.41) is 6.17. The highest BCUT2D eigenvalue weighted by molar-refractivity contribution is 5.68. The molecule has 0 saturated carbocycles. The summed E-state index contributed by atoms with van der Waals surface area (Å²) in [6, 6.07) is 7.37. The minimum absolute atomic E-state index is 0.194. The molecule has 1 aromatic heterocycles. The first-order valence-corrected chi connectivity index (χ1v) is 10.7. The smallest absolute Gasteiger partial charge is 0.410 e. The summed E-state index contributed by atoms with van der Waals surface area (Å²) in [6.45, 7) is 9.46. The lowest BCUT2D eigenvalue weighted by Gasteiger charge is -2.24. The normalized spacial score (nSPS) is 18.2. The van der Waals surface area contributed by atoms with Crippen molar-refractivity contribution in [1.29, 1.82) is 0 Å². The number of benzene rings is 1. The van der Waals surface area contributed by atoms with Gasteiger partial charge in [-0.25, -0.2) is 9.78 Å². The van der Waals surface area contributed by atoms with Crippen LogP contribution in [0.15, 0.2) is 30.5 Å². The highest BCUT2D eigenvalue weighted by atomic mass is 16.6. The summed E-state index contributed by atoms with van der Waals surface area (Å²) in [5.74, 6) is 2.94. The van der Waals surface area contributed by atoms with Gasteiger partial charge < -0.3 is 29.7 Å². The van der Waals surface area contributed by atoms with Gasteiger partial charge in [0.25, 0.3) is 0 Å². The van der Waals surface area contributed by atoms with Crippen LogP contribution in [0.1, 0.15) is 27.7 Å². The third kappa shape index (κ3) is 6.15. The second-order valence-electron chi connectivity index (χ2n) is 8.94. The summed E-state index contributed by atoms with van der Waals surface area (Å²) in [5.41, 5.74) is 0.274. The molecule has 1 aliphatic heterocycles. The molecule has 2 N–H and O–H groups in total. The van der Waals surface area contributed by atoms with Crippen molar-refractivity contribution < 1.29 is 19.0 Å². The third-order valence-corrected chi connectivity index (χ3v) is 5.20. The number of nitrogens with one attached hydrogen (secondary N) is 2. The minimum Gasteiger partial charge on any atom is -0.493 e. The van der Waals surface area contributed by atoms with Crippen molar-refractivity contribution in [2.24, 2.45) is 11.8 Å². The van der Waals surface area contributed by atoms with E-state index in [-0.39, 0.29) is 12.0 Å². The zero-order valence-electron chi connectivity index (χ0n) is 19.6. The summed E-state index contributed by atoms with van der Waals surface area (Å²) in [4.78, 5) is 22.8. The number of carbonyl (C=O) groups excluding carboxylic acids is 1. The number of amides is 1. The predicted molar refractivity (Wildman–Crippen MR) is 124 cm³/mol. The van der Waals surface area contributed by atoms with Crippen LogP contribution >= 0.6 is 0 Å². The topological polar surface area (TPSA) is 97.8 Å². The molecule has 0 radical (unpaired) electrons. The van der Waals surface area contributed by atoms with Crippen LogP contribution in [0.4, 0.5) is 22.2 Å². The molecule has 0 spiro atoms. The summed E-state index contributed by atoms with van der Waals surface area (Å²) in [7, 11) is 3.41. The Bertz CT molecular complexity index is 931. The molecule has 9 heteroatoms. The van der Waals surface area contributed by atoms with Crippen LogP contribution in [0.2, 0.25) is 0 Å². The van der Waals surface area contributed by atoms with Gasteiger partial charge in [0.15, 0.2) is 11.5 Å². The van der Waals surface area contributed by atoms with E-state index in [2.05, 4.69) is 27.5 Å². The van der Waals surface area contributed by atoms with Crippen molar-refractivity contribution in [3.63, 3.8) is 0 Å². The van der Waals surface area contributed by atoms with Gasteiger partial charge in [0.2, 0.25) is 5.95 Å². The van der Waals surface area contributed by atoms with E-state index in [0.29, 0.717) is 43.1 Å². The van der Waals surface area contributed by atoms with E-state index in [1.807, 2.05) is 39.0 Å². The average Bonchev–Trinajstić information content (AvgIpc) is 3.12. The minimum atomic E-state index is -0.508. The fourth-order valence-electron chi connectivity index (χ4n) is 3.48. The Balaban J connectivity index is 1.65. The lowest BCUT2D eigenvalue weighted by molar-refractivity contribution is 0.0282. The van der Waals surface area contributed by atoms with Gasteiger partial charge in [-0.15, -0.1) is 0 Å². The number of methoxy groups -OCH3 is 1. The van der Waals surface area contributed by atoms with Crippen molar-refractivity contribution in [2.75, 3.05) is 44.5 Å². The first-order valence-electron chi connectivity index (χ1n) is 10.7. The van der Waals surface area contributed by atoms with Gasteiger partial charge in [-0.05, 0) is 44.9 Å². The number of hydrogen-bond donors (Lipinski definition) is 2. The van der Waals surface area contributed by atoms with Gasteiger partial charge in [-0.1, -0.05) is 6.92 Å². The number of likely N-dealkylation sites (tertiary alicyclic amines) is 1. The number of hydrogen-bond acceptors (Lipinski definition) is 8. The van der Waals surface area contributed by atoms with Crippen molar-refractivity contribution in [1.82, 2.24) is 14.9 Å². The van der Waals surface area contributed by atoms with Gasteiger partial charge in [-0.3, -0.25) is 0 Å². The van der Waals surface area contributed by atoms with Crippen LogP contribution in [-0.4, -0.2) is 60.4 Å². The van der Waals surface area contributed by atoms with Gasteiger partial charge >= 0.3 is 6.09 Å². The highest BCUT2D eigenvalue weighted by Crippen LogP contribution is 2.33. The molecule has 2 heterocycles. The monoisotopic (exact) mass is 443 g/mol. The highest BCUT2D eigenvalue weighted by Gasteiger charge is 2.35. The molecule has 32 heavy (non-hydrogen) atoms. The Hall–Kier alpha value is -3.23. The Morgan fingerprint density at radius 2 is 2.00 bits per heavy atom. The number of aromatic nitrogens is 2. The quantitative estimate of drug-likeness (QED) is 0.659. The molecule has 1 fully saturated rings. The van der Waals surface area contributed by atoms with E-state index in [1.165, 1.54) is 0 Å². The van der Waals surface area contributed by atoms with Crippen LogP contribution in [0.5, 0.6) is 11.5 Å². The maximum atomic E-state index is 12.4. The van der Waals surface area contributed by atoms with Gasteiger partial charge in [0.05, 0.1) is 13.7 Å². The van der Waals surface area contributed by atoms with Crippen LogP contribution in [-0.2, 0) is 4.74 Å². The van der Waals surface area contributed by atoms with Crippen LogP contribution in [0, 0.1) is 11.8 Å². The number of nitrogens with zero attached hydrogens (tertiary/aromatic N) is 3. The first-order chi connectivity index (χ1) is 15.2. The summed E-state index contributed by atoms with van der Waals surface area (Å²) in [6.07, 6.45) is 1.40. The molecule has 1 saturated heterocycles. The van der Waals surface area contributed by atoms with E-state index in [9.17, 15) is 4.79 Å². The predicted octanol–water partition coefficient (Wildman–Crippen LogP) is 4.15. The fraction of sp³-hybridized carbons (Fsp3) is 0.522. The SMILES string of the molecule is CNc1ccnc(Nc2ccc(OC)c(OCC3CN(C(=O)OC(C)(C)C)CC3C)c2)n1. The van der Waals surface area contributed by atoms with Crippen molar-refractivity contribution >= 4 is 23.5 Å². The molecule has 0 bridgehead atoms. The molecular formula is C23H33N5O4. The van der Waals surface area contributed by atoms with Crippen molar-refractivity contribution in [2.45, 2.75) is 33.3 Å². The lowest BCUT2D eigenvalue weighted by Crippen LogP contribution is -2.35. The molecule has 9 nitrogen and oxygen atoms in total. The number of carbonyl (C=O) groups is 1. The molecule has 1 aliphatic rings. The Labute approximate surface area is 189 Å². The number of anilines is 3. The number of rotatable bonds is 7. The van der Waals surface area contributed by atoms with Crippen molar-refractivity contribution in [3.05, 3.63) is 30.5 Å². The molecule has 1 amide bonds. The van der Waals surface area contributed by atoms with E-state index in [4.69, 9.17) is 14.2 Å². The molecule has 174 valence electrons. The van der Waals surface area contributed by atoms with E-state index >= 15 is 0 Å². The maximum absolute atomic E-state index is 12.4. The summed E-state index contributed by atoms with van der Waals surface area (Å²) >= 11 is 0. The van der Waals surface area contributed by atoms with E-state index < -0.39 is 5.60 Å². The van der Waals surface area contributed by atoms with E-state index in [0.717, 1.165) is 11.5 Å². The molecule has 1 aromatic carbocycles. The molecule has 2 atom stereocenters. The second kappa shape index (κ2) is 9.93. The Morgan fingerprint density at radius 3 is 2.69 bits per heavy atom. The molecule has 0 aliphatic carbocycles. The van der Waals surface area contributed by atoms with Gasteiger partial charge in [0.1, 0.15) is 11.4 Å². The molecule has 2 aromatic rings. The standard InChI is InChI=1S/C23H33N5O4/c1-15-12-28(22(29)32-23(2,3)4)13-16(15)14-31-19-11-17(7-8-18(19)30-6)26-21-25-10-9-20(24-5)27-21/h7-11,15-16H,12-14H2,1-6H3,(H2,24,25,26,27). The molecule has 3 rings (SSSR count). The van der Waals surface area contributed by atoms with Crippen LogP contribution in [0.3, 0.4) is 0 Å². The molecule has 2 unspecified atom stereocenters. The zero-order chi connectivity index (χ0) is 23.3. The number of ether oxygens (including phenoxy) is 3. The van der Waals surface area contributed by atoms with Crippen molar-refractivity contribution in [3.8, 4) is 11.5 Å². The van der Waals surface area contributed by atoms with Gasteiger partial charge in [-0.2, -0.15) is 4.98 Å². The fourth-order valence-corrected chi connectivity index (χ4v) is 3.48. The Kier molecular flexibility index (Phi) is 7.27.